The smallest absolute Gasteiger partial charge is 0.240 e. The van der Waals surface area contributed by atoms with E-state index in [4.69, 9.17) is 14.6 Å². The molecule has 0 aliphatic carbocycles. The first-order valence-corrected chi connectivity index (χ1v) is 11.4. The Morgan fingerprint density at radius 3 is 2.48 bits per heavy atom. The van der Waals surface area contributed by atoms with Crippen LogP contribution in [0.2, 0.25) is 0 Å². The van der Waals surface area contributed by atoms with Crippen molar-refractivity contribution < 1.29 is 19.1 Å². The highest BCUT2D eigenvalue weighted by Gasteiger charge is 2.28. The van der Waals surface area contributed by atoms with E-state index in [1.165, 1.54) is 11.9 Å². The molecule has 0 aromatic heterocycles. The molecule has 2 aliphatic rings. The number of hydrogen-bond acceptors (Lipinski definition) is 6. The van der Waals surface area contributed by atoms with Crippen molar-refractivity contribution in [3.05, 3.63) is 53.1 Å². The lowest BCUT2D eigenvalue weighted by molar-refractivity contribution is -0.130. The zero-order chi connectivity index (χ0) is 23.5. The van der Waals surface area contributed by atoms with Crippen LogP contribution in [-0.2, 0) is 16.0 Å². The molecule has 0 bridgehead atoms. The van der Waals surface area contributed by atoms with E-state index in [0.29, 0.717) is 36.7 Å². The number of likely N-dealkylation sites (N-methyl/N-ethyl adjacent to an activating group) is 2. The summed E-state index contributed by atoms with van der Waals surface area (Å²) in [5, 5.41) is 9.40. The van der Waals surface area contributed by atoms with Crippen LogP contribution in [-0.4, -0.2) is 55.0 Å². The normalized spacial score (nSPS) is 16.7. The molecular formula is C25H30N4O4. The Bertz CT molecular complexity index is 1080. The number of nitrogens with one attached hydrogen (secondary N) is 1. The summed E-state index contributed by atoms with van der Waals surface area (Å²) in [6.45, 7) is 9.25. The summed E-state index contributed by atoms with van der Waals surface area (Å²) in [7, 11) is 0. The van der Waals surface area contributed by atoms with Gasteiger partial charge in [-0.3, -0.25) is 9.59 Å². The predicted molar refractivity (Wildman–Crippen MR) is 127 cm³/mol. The maximum Gasteiger partial charge on any atom is 0.240 e. The first kappa shape index (κ1) is 22.8. The van der Waals surface area contributed by atoms with Crippen molar-refractivity contribution >= 4 is 23.2 Å². The van der Waals surface area contributed by atoms with Crippen molar-refractivity contribution in [2.45, 2.75) is 40.2 Å². The van der Waals surface area contributed by atoms with Crippen LogP contribution >= 0.6 is 0 Å². The van der Waals surface area contributed by atoms with E-state index in [1.807, 2.05) is 57.2 Å². The molecule has 0 spiro atoms. The molecule has 33 heavy (non-hydrogen) atoms. The van der Waals surface area contributed by atoms with Gasteiger partial charge in [0.1, 0.15) is 0 Å². The van der Waals surface area contributed by atoms with Gasteiger partial charge in [-0.2, -0.15) is 5.10 Å². The molecule has 0 fully saturated rings. The fraction of sp³-hybridized carbons (Fsp3) is 0.400. The molecule has 1 N–H and O–H groups in total. The highest BCUT2D eigenvalue weighted by Crippen LogP contribution is 2.37. The summed E-state index contributed by atoms with van der Waals surface area (Å²) in [6.07, 6.45) is 0.652. The number of benzene rings is 2. The molecule has 174 valence electrons. The second-order valence-corrected chi connectivity index (χ2v) is 8.19. The van der Waals surface area contributed by atoms with Crippen molar-refractivity contribution in [2.24, 2.45) is 5.10 Å². The summed E-state index contributed by atoms with van der Waals surface area (Å²) in [5.74, 6) is 1.29. The fourth-order valence-corrected chi connectivity index (χ4v) is 4.26. The summed E-state index contributed by atoms with van der Waals surface area (Å²) in [5.41, 5.74) is 4.33. The topological polar surface area (TPSA) is 83.5 Å². The van der Waals surface area contributed by atoms with Gasteiger partial charge >= 0.3 is 0 Å². The number of hydrazone groups is 1. The molecule has 0 radical (unpaired) electrons. The first-order valence-electron chi connectivity index (χ1n) is 11.4. The van der Waals surface area contributed by atoms with Crippen LogP contribution in [0.1, 0.15) is 44.4 Å². The predicted octanol–water partition coefficient (Wildman–Crippen LogP) is 2.92. The van der Waals surface area contributed by atoms with E-state index in [9.17, 15) is 9.59 Å². The van der Waals surface area contributed by atoms with Gasteiger partial charge in [-0.25, -0.2) is 5.01 Å². The van der Waals surface area contributed by atoms with E-state index in [2.05, 4.69) is 5.32 Å². The molecule has 2 heterocycles. The minimum absolute atomic E-state index is 0.0218. The molecule has 2 aliphatic heterocycles. The maximum absolute atomic E-state index is 12.6. The largest absolute Gasteiger partial charge is 0.454 e. The van der Waals surface area contributed by atoms with Crippen LogP contribution in [0, 0.1) is 0 Å². The van der Waals surface area contributed by atoms with Gasteiger partial charge in [-0.1, -0.05) is 19.1 Å². The van der Waals surface area contributed by atoms with Crippen molar-refractivity contribution in [3.8, 4) is 11.5 Å². The van der Waals surface area contributed by atoms with Crippen LogP contribution in [0.15, 0.2) is 41.5 Å². The summed E-state index contributed by atoms with van der Waals surface area (Å²) >= 11 is 0. The van der Waals surface area contributed by atoms with E-state index >= 15 is 0 Å². The summed E-state index contributed by atoms with van der Waals surface area (Å²) in [4.78, 5) is 26.7. The lowest BCUT2D eigenvalue weighted by Crippen LogP contribution is -2.38. The lowest BCUT2D eigenvalue weighted by atomic mass is 9.94. The Labute approximate surface area is 194 Å². The Hall–Kier alpha value is -3.39. The third-order valence-electron chi connectivity index (χ3n) is 5.91. The average Bonchev–Trinajstić information content (AvgIpc) is 3.20. The number of hydrogen-bond donors (Lipinski definition) is 1. The zero-order valence-electron chi connectivity index (χ0n) is 19.6. The van der Waals surface area contributed by atoms with Crippen LogP contribution in [0.3, 0.4) is 0 Å². The number of anilines is 1. The third-order valence-corrected chi connectivity index (χ3v) is 5.91. The number of ether oxygens (including phenoxy) is 2. The van der Waals surface area contributed by atoms with Crippen LogP contribution in [0.25, 0.3) is 0 Å². The average molecular weight is 451 g/mol. The van der Waals surface area contributed by atoms with E-state index in [0.717, 1.165) is 28.9 Å². The minimum Gasteiger partial charge on any atom is -0.454 e. The minimum atomic E-state index is -0.115. The van der Waals surface area contributed by atoms with Gasteiger partial charge in [0, 0.05) is 30.3 Å². The molecule has 1 unspecified atom stereocenters. The van der Waals surface area contributed by atoms with Crippen molar-refractivity contribution in [1.82, 2.24) is 10.3 Å². The summed E-state index contributed by atoms with van der Waals surface area (Å²) < 4.78 is 11.2. The van der Waals surface area contributed by atoms with Gasteiger partial charge in [-0.15, -0.1) is 0 Å². The van der Waals surface area contributed by atoms with Crippen LogP contribution in [0.4, 0.5) is 5.69 Å². The van der Waals surface area contributed by atoms with Crippen molar-refractivity contribution in [2.75, 3.05) is 31.3 Å². The van der Waals surface area contributed by atoms with Gasteiger partial charge in [0.05, 0.1) is 18.3 Å². The molecule has 2 aromatic carbocycles. The van der Waals surface area contributed by atoms with Gasteiger partial charge in [0.2, 0.25) is 18.6 Å². The molecule has 2 amide bonds. The number of carbonyl (C=O) groups is 2. The highest BCUT2D eigenvalue weighted by molar-refractivity contribution is 6.14. The van der Waals surface area contributed by atoms with Crippen LogP contribution < -0.4 is 19.7 Å². The first-order chi connectivity index (χ1) is 15.9. The number of nitrogens with zero attached hydrogens (tertiary/aromatic N) is 3. The van der Waals surface area contributed by atoms with Gasteiger partial charge < -0.3 is 19.7 Å². The third kappa shape index (κ3) is 4.57. The molecule has 0 saturated carbocycles. The zero-order valence-corrected chi connectivity index (χ0v) is 19.6. The Balaban J connectivity index is 1.74. The lowest BCUT2D eigenvalue weighted by Gasteiger charge is -2.22. The second-order valence-electron chi connectivity index (χ2n) is 8.19. The molecule has 0 saturated heterocycles. The fourth-order valence-electron chi connectivity index (χ4n) is 4.26. The monoisotopic (exact) mass is 450 g/mol. The van der Waals surface area contributed by atoms with Gasteiger partial charge in [-0.05, 0) is 56.6 Å². The quantitative estimate of drug-likeness (QED) is 0.732. The SMILES string of the molecule is CCNCC(=O)N(CC)c1ccc(C2=NN(C(C)=O)C(C)Cc3cc4c(cc32)OCO4)cc1. The van der Waals surface area contributed by atoms with Gasteiger partial charge in [0.15, 0.2) is 11.5 Å². The van der Waals surface area contributed by atoms with Crippen LogP contribution in [0.5, 0.6) is 11.5 Å². The molecule has 2 aromatic rings. The molecule has 8 heteroatoms. The van der Waals surface area contributed by atoms with Crippen molar-refractivity contribution in [3.63, 3.8) is 0 Å². The maximum atomic E-state index is 12.6. The Morgan fingerprint density at radius 2 is 1.85 bits per heavy atom. The number of rotatable bonds is 6. The molecular weight excluding hydrogens is 420 g/mol. The second kappa shape index (κ2) is 9.62. The Morgan fingerprint density at radius 1 is 1.15 bits per heavy atom. The molecule has 4 rings (SSSR count). The van der Waals surface area contributed by atoms with E-state index in [1.54, 1.807) is 4.90 Å². The standard InChI is InChI=1S/C25H30N4O4/c1-5-26-14-24(31)28(6-2)20-9-7-18(8-10-20)25-21-13-23-22(32-15-33-23)12-19(21)11-16(3)29(27-25)17(4)30/h7-10,12-13,16,26H,5-6,11,14-15H2,1-4H3. The number of amides is 2. The molecule has 1 atom stereocenters. The number of fused-ring (bicyclic) bond motifs is 2. The van der Waals surface area contributed by atoms with E-state index < -0.39 is 0 Å². The van der Waals surface area contributed by atoms with E-state index in [-0.39, 0.29) is 24.6 Å². The van der Waals surface area contributed by atoms with Crippen molar-refractivity contribution in [1.29, 1.82) is 0 Å². The van der Waals surface area contributed by atoms with Gasteiger partial charge in [0.25, 0.3) is 0 Å². The number of carbonyl (C=O) groups excluding carboxylic acids is 2. The summed E-state index contributed by atoms with van der Waals surface area (Å²) in [6, 6.07) is 11.6. The Kier molecular flexibility index (Phi) is 6.65. The highest BCUT2D eigenvalue weighted by atomic mass is 16.7. The molecule has 8 nitrogen and oxygen atoms in total.